The lowest BCUT2D eigenvalue weighted by molar-refractivity contribution is 0.0977. The van der Waals surface area contributed by atoms with Crippen LogP contribution >= 0.6 is 0 Å². The second-order valence-electron chi connectivity index (χ2n) is 7.11. The number of imidazole rings is 1. The second kappa shape index (κ2) is 8.45. The Balaban J connectivity index is 1.79. The van der Waals surface area contributed by atoms with Gasteiger partial charge in [-0.2, -0.15) is 0 Å². The van der Waals surface area contributed by atoms with E-state index in [9.17, 15) is 13.6 Å². The fourth-order valence-electron chi connectivity index (χ4n) is 3.46. The zero-order chi connectivity index (χ0) is 21.1. The van der Waals surface area contributed by atoms with Crippen molar-refractivity contribution in [1.29, 1.82) is 0 Å². The maximum atomic E-state index is 14.4. The van der Waals surface area contributed by atoms with Gasteiger partial charge >= 0.3 is 0 Å². The first kappa shape index (κ1) is 19.8. The van der Waals surface area contributed by atoms with Crippen molar-refractivity contribution in [3.63, 3.8) is 0 Å². The summed E-state index contributed by atoms with van der Waals surface area (Å²) in [6.07, 6.45) is 1.77. The van der Waals surface area contributed by atoms with Crippen molar-refractivity contribution in [1.82, 2.24) is 9.97 Å². The molecule has 0 saturated heterocycles. The van der Waals surface area contributed by atoms with Crippen molar-refractivity contribution in [2.24, 2.45) is 0 Å². The minimum atomic E-state index is -0.883. The van der Waals surface area contributed by atoms with E-state index in [0.717, 1.165) is 47.4 Å². The van der Waals surface area contributed by atoms with E-state index in [1.54, 1.807) is 12.1 Å². The molecule has 0 unspecified atom stereocenters. The summed E-state index contributed by atoms with van der Waals surface area (Å²) in [5.74, 6) is -1.63. The van der Waals surface area contributed by atoms with E-state index >= 15 is 0 Å². The SMILES string of the molecule is CCCc1nc2ccc(N(Cc3ccccc3)C(=O)c3c(F)cccc3F)cc2[nH]1. The monoisotopic (exact) mass is 405 g/mol. The van der Waals surface area contributed by atoms with Gasteiger partial charge in [0.1, 0.15) is 23.0 Å². The summed E-state index contributed by atoms with van der Waals surface area (Å²) in [5.41, 5.74) is 2.37. The van der Waals surface area contributed by atoms with E-state index in [1.165, 1.54) is 11.0 Å². The molecule has 0 atom stereocenters. The first-order valence-corrected chi connectivity index (χ1v) is 9.85. The van der Waals surface area contributed by atoms with Crippen molar-refractivity contribution in [3.8, 4) is 0 Å². The number of aryl methyl sites for hydroxylation is 1. The molecule has 4 nitrogen and oxygen atoms in total. The maximum absolute atomic E-state index is 14.4. The van der Waals surface area contributed by atoms with Gasteiger partial charge in [0.2, 0.25) is 0 Å². The van der Waals surface area contributed by atoms with Crippen LogP contribution in [0.4, 0.5) is 14.5 Å². The summed E-state index contributed by atoms with van der Waals surface area (Å²) < 4.78 is 28.7. The Morgan fingerprint density at radius 3 is 2.43 bits per heavy atom. The molecule has 0 aliphatic heterocycles. The number of rotatable bonds is 6. The quantitative estimate of drug-likeness (QED) is 0.451. The van der Waals surface area contributed by atoms with Gasteiger partial charge in [0.15, 0.2) is 0 Å². The van der Waals surface area contributed by atoms with Crippen molar-refractivity contribution < 1.29 is 13.6 Å². The van der Waals surface area contributed by atoms with Gasteiger partial charge in [0, 0.05) is 12.1 Å². The lowest BCUT2D eigenvalue weighted by Gasteiger charge is -2.23. The van der Waals surface area contributed by atoms with Crippen molar-refractivity contribution in [2.75, 3.05) is 4.90 Å². The average molecular weight is 405 g/mol. The number of carbonyl (C=O) groups is 1. The van der Waals surface area contributed by atoms with Crippen LogP contribution in [0.25, 0.3) is 11.0 Å². The van der Waals surface area contributed by atoms with Crippen LogP contribution in [0.3, 0.4) is 0 Å². The molecular formula is C24H21F2N3O. The van der Waals surface area contributed by atoms with E-state index in [0.29, 0.717) is 5.69 Å². The molecule has 0 aliphatic rings. The van der Waals surface area contributed by atoms with Gasteiger partial charge in [0.25, 0.3) is 5.91 Å². The number of nitrogens with one attached hydrogen (secondary N) is 1. The zero-order valence-corrected chi connectivity index (χ0v) is 16.5. The van der Waals surface area contributed by atoms with Crippen LogP contribution in [0.5, 0.6) is 0 Å². The summed E-state index contributed by atoms with van der Waals surface area (Å²) in [5, 5.41) is 0. The van der Waals surface area contributed by atoms with E-state index in [4.69, 9.17) is 0 Å². The number of fused-ring (bicyclic) bond motifs is 1. The molecule has 0 saturated carbocycles. The van der Waals surface area contributed by atoms with Crippen molar-refractivity contribution in [2.45, 2.75) is 26.3 Å². The van der Waals surface area contributed by atoms with E-state index in [2.05, 4.69) is 16.9 Å². The second-order valence-corrected chi connectivity index (χ2v) is 7.11. The molecule has 0 spiro atoms. The number of H-pyrrole nitrogens is 1. The topological polar surface area (TPSA) is 49.0 Å². The standard InChI is InChI=1S/C24H21F2N3O/c1-2-7-22-27-20-13-12-17(14-21(20)28-22)29(15-16-8-4-3-5-9-16)24(30)23-18(25)10-6-11-19(23)26/h3-6,8-14H,2,7,15H2,1H3,(H,27,28). The Labute approximate surface area is 173 Å². The van der Waals surface area contributed by atoms with Gasteiger partial charge in [-0.15, -0.1) is 0 Å². The van der Waals surface area contributed by atoms with Crippen LogP contribution in [0.2, 0.25) is 0 Å². The minimum absolute atomic E-state index is 0.176. The molecule has 0 aliphatic carbocycles. The smallest absolute Gasteiger partial charge is 0.264 e. The predicted molar refractivity (Wildman–Crippen MR) is 113 cm³/mol. The molecule has 1 heterocycles. The molecule has 3 aromatic carbocycles. The predicted octanol–water partition coefficient (Wildman–Crippen LogP) is 5.64. The lowest BCUT2D eigenvalue weighted by atomic mass is 10.1. The summed E-state index contributed by atoms with van der Waals surface area (Å²) in [7, 11) is 0. The molecule has 1 amide bonds. The highest BCUT2D eigenvalue weighted by Gasteiger charge is 2.25. The van der Waals surface area contributed by atoms with Gasteiger partial charge in [-0.3, -0.25) is 4.79 Å². The van der Waals surface area contributed by atoms with E-state index < -0.39 is 23.1 Å². The number of aromatic nitrogens is 2. The van der Waals surface area contributed by atoms with Crippen LogP contribution in [-0.4, -0.2) is 15.9 Å². The maximum Gasteiger partial charge on any atom is 0.264 e. The Kier molecular flexibility index (Phi) is 5.57. The molecule has 0 fully saturated rings. The molecule has 1 aromatic heterocycles. The summed E-state index contributed by atoms with van der Waals surface area (Å²) >= 11 is 0. The first-order chi connectivity index (χ1) is 14.6. The number of aromatic amines is 1. The molecule has 0 bridgehead atoms. The summed E-state index contributed by atoms with van der Waals surface area (Å²) in [6.45, 7) is 2.25. The molecule has 1 N–H and O–H groups in total. The highest BCUT2D eigenvalue weighted by atomic mass is 19.1. The van der Waals surface area contributed by atoms with E-state index in [-0.39, 0.29) is 6.54 Å². The highest BCUT2D eigenvalue weighted by molar-refractivity contribution is 6.07. The molecule has 4 rings (SSSR count). The zero-order valence-electron chi connectivity index (χ0n) is 16.5. The minimum Gasteiger partial charge on any atom is -0.342 e. The lowest BCUT2D eigenvalue weighted by Crippen LogP contribution is -2.32. The fraction of sp³-hybridized carbons (Fsp3) is 0.167. The van der Waals surface area contributed by atoms with Crippen molar-refractivity contribution >= 4 is 22.6 Å². The number of anilines is 1. The largest absolute Gasteiger partial charge is 0.342 e. The van der Waals surface area contributed by atoms with E-state index in [1.807, 2.05) is 36.4 Å². The number of benzene rings is 3. The van der Waals surface area contributed by atoms with Gasteiger partial charge in [0.05, 0.1) is 17.6 Å². The van der Waals surface area contributed by atoms with Crippen LogP contribution in [-0.2, 0) is 13.0 Å². The Morgan fingerprint density at radius 1 is 1.00 bits per heavy atom. The first-order valence-electron chi connectivity index (χ1n) is 9.85. The molecular weight excluding hydrogens is 384 g/mol. The Bertz CT molecular complexity index is 1170. The van der Waals surface area contributed by atoms with Crippen LogP contribution < -0.4 is 4.90 Å². The fourth-order valence-corrected chi connectivity index (χ4v) is 3.46. The number of nitrogens with zero attached hydrogens (tertiary/aromatic N) is 2. The third-order valence-corrected chi connectivity index (χ3v) is 4.92. The highest BCUT2D eigenvalue weighted by Crippen LogP contribution is 2.26. The number of halogens is 2. The molecule has 0 radical (unpaired) electrons. The number of amides is 1. The van der Waals surface area contributed by atoms with Crippen LogP contribution in [0.15, 0.2) is 66.7 Å². The normalized spacial score (nSPS) is 11.0. The van der Waals surface area contributed by atoms with Gasteiger partial charge < -0.3 is 9.88 Å². The average Bonchev–Trinajstić information content (AvgIpc) is 3.14. The van der Waals surface area contributed by atoms with Gasteiger partial charge in [-0.25, -0.2) is 13.8 Å². The third-order valence-electron chi connectivity index (χ3n) is 4.92. The van der Waals surface area contributed by atoms with Crippen LogP contribution in [0, 0.1) is 11.6 Å². The molecule has 6 heteroatoms. The Morgan fingerprint density at radius 2 is 1.73 bits per heavy atom. The molecule has 152 valence electrons. The van der Waals surface area contributed by atoms with Crippen molar-refractivity contribution in [3.05, 3.63) is 95.3 Å². The number of carbonyl (C=O) groups excluding carboxylic acids is 1. The molecule has 4 aromatic rings. The van der Waals surface area contributed by atoms with Crippen LogP contribution in [0.1, 0.15) is 35.1 Å². The summed E-state index contributed by atoms with van der Waals surface area (Å²) in [4.78, 5) is 22.4. The summed E-state index contributed by atoms with van der Waals surface area (Å²) in [6, 6.07) is 18.1. The van der Waals surface area contributed by atoms with Gasteiger partial charge in [-0.1, -0.05) is 43.3 Å². The third kappa shape index (κ3) is 3.94. The Hall–Kier alpha value is -3.54. The number of hydrogen-bond donors (Lipinski definition) is 1. The van der Waals surface area contributed by atoms with Gasteiger partial charge in [-0.05, 0) is 42.3 Å². The number of hydrogen-bond acceptors (Lipinski definition) is 2. The molecule has 30 heavy (non-hydrogen) atoms.